The fourth-order valence-corrected chi connectivity index (χ4v) is 1.52. The molecule has 14 heavy (non-hydrogen) atoms. The Labute approximate surface area is 82.7 Å². The van der Waals surface area contributed by atoms with E-state index in [0.717, 1.165) is 0 Å². The zero-order valence-corrected chi connectivity index (χ0v) is 8.70. The number of hydrogen-bond donors (Lipinski definition) is 0. The molecule has 4 nitrogen and oxygen atoms in total. The van der Waals surface area contributed by atoms with Crippen LogP contribution in [0.5, 0.6) is 0 Å². The molecule has 0 aliphatic rings. The van der Waals surface area contributed by atoms with E-state index in [9.17, 15) is 12.3 Å². The van der Waals surface area contributed by atoms with E-state index in [1.165, 1.54) is 13.2 Å². The molecule has 1 rings (SSSR count). The molecule has 0 aliphatic carbocycles. The maximum absolute atomic E-state index is 12.6. The molecule has 0 saturated carbocycles. The first-order valence-corrected chi connectivity index (χ1v) is 5.34. The summed E-state index contributed by atoms with van der Waals surface area (Å²) in [6.45, 7) is 1.59. The van der Waals surface area contributed by atoms with Crippen LogP contribution >= 0.6 is 0 Å². The Hall–Kier alpha value is -1.01. The highest BCUT2D eigenvalue weighted by Crippen LogP contribution is 2.20. The molecular weight excluding hydrogens is 207 g/mol. The minimum Gasteiger partial charge on any atom is -0.264 e. The Morgan fingerprint density at radius 3 is 2.64 bits per heavy atom. The molecule has 1 atom stereocenters. The Kier molecular flexibility index (Phi) is 3.17. The number of nitrogens with zero attached hydrogens (tertiary/aromatic N) is 2. The Balaban J connectivity index is 2.92. The van der Waals surface area contributed by atoms with Gasteiger partial charge in [-0.1, -0.05) is 9.95 Å². The van der Waals surface area contributed by atoms with E-state index in [1.807, 2.05) is 0 Å². The quantitative estimate of drug-likeness (QED) is 0.718. The molecule has 0 spiro atoms. The summed E-state index contributed by atoms with van der Waals surface area (Å²) in [6, 6.07) is 2.81. The second-order valence-corrected chi connectivity index (χ2v) is 4.32. The topological polar surface area (TPSA) is 50.3 Å². The summed E-state index contributed by atoms with van der Waals surface area (Å²) in [7, 11) is -3.46. The summed E-state index contributed by atoms with van der Waals surface area (Å²) in [5.41, 5.74) is 0.649. The van der Waals surface area contributed by atoms with Gasteiger partial charge in [0.05, 0.1) is 6.04 Å². The maximum Gasteiger partial charge on any atom is 0.375 e. The molecule has 0 amide bonds. The van der Waals surface area contributed by atoms with Gasteiger partial charge in [0, 0.05) is 19.4 Å². The highest BCUT2D eigenvalue weighted by atomic mass is 32.3. The van der Waals surface area contributed by atoms with E-state index in [4.69, 9.17) is 0 Å². The van der Waals surface area contributed by atoms with Gasteiger partial charge in [-0.15, -0.1) is 0 Å². The summed E-state index contributed by atoms with van der Waals surface area (Å²) in [4.78, 5) is 3.83. The molecule has 0 saturated heterocycles. The van der Waals surface area contributed by atoms with Crippen molar-refractivity contribution in [3.63, 3.8) is 0 Å². The van der Waals surface area contributed by atoms with Crippen LogP contribution in [0.1, 0.15) is 18.5 Å². The molecule has 78 valence electrons. The first kappa shape index (κ1) is 11.1. The van der Waals surface area contributed by atoms with E-state index in [0.29, 0.717) is 9.87 Å². The smallest absolute Gasteiger partial charge is 0.264 e. The van der Waals surface area contributed by atoms with Gasteiger partial charge in [-0.2, -0.15) is 12.7 Å². The van der Waals surface area contributed by atoms with E-state index >= 15 is 0 Å². The second kappa shape index (κ2) is 4.02. The largest absolute Gasteiger partial charge is 0.375 e. The van der Waals surface area contributed by atoms with Crippen LogP contribution < -0.4 is 0 Å². The lowest BCUT2D eigenvalue weighted by atomic mass is 10.1. The normalized spacial score (nSPS) is 14.3. The summed E-state index contributed by atoms with van der Waals surface area (Å²) in [6.07, 6.45) is 3.08. The van der Waals surface area contributed by atoms with Crippen molar-refractivity contribution >= 4 is 10.4 Å². The molecule has 1 aromatic heterocycles. The Morgan fingerprint density at radius 2 is 2.21 bits per heavy atom. The molecule has 1 aromatic rings. The third-order valence-electron chi connectivity index (χ3n) is 2.06. The zero-order valence-electron chi connectivity index (χ0n) is 7.88. The zero-order chi connectivity index (χ0) is 10.8. The van der Waals surface area contributed by atoms with Crippen LogP contribution in [0.15, 0.2) is 24.5 Å². The van der Waals surface area contributed by atoms with Crippen molar-refractivity contribution in [1.82, 2.24) is 9.29 Å². The number of rotatable bonds is 3. The number of hydrogen-bond acceptors (Lipinski definition) is 3. The van der Waals surface area contributed by atoms with Crippen molar-refractivity contribution in [2.24, 2.45) is 0 Å². The number of halogens is 1. The van der Waals surface area contributed by atoms with Crippen molar-refractivity contribution in [3.05, 3.63) is 30.1 Å². The van der Waals surface area contributed by atoms with Gasteiger partial charge >= 0.3 is 10.4 Å². The van der Waals surface area contributed by atoms with Gasteiger partial charge in [-0.25, -0.2) is 0 Å². The molecule has 0 unspecified atom stereocenters. The number of aromatic nitrogens is 1. The van der Waals surface area contributed by atoms with Crippen molar-refractivity contribution < 1.29 is 12.3 Å². The molecule has 0 radical (unpaired) electrons. The average molecular weight is 218 g/mol. The van der Waals surface area contributed by atoms with Crippen LogP contribution in [0.4, 0.5) is 3.89 Å². The fourth-order valence-electron chi connectivity index (χ4n) is 1.02. The third kappa shape index (κ3) is 2.49. The summed E-state index contributed by atoms with van der Waals surface area (Å²) < 4.78 is 34.4. The minimum atomic E-state index is -4.64. The van der Waals surface area contributed by atoms with Crippen molar-refractivity contribution in [1.29, 1.82) is 0 Å². The van der Waals surface area contributed by atoms with Crippen LogP contribution in [-0.4, -0.2) is 24.8 Å². The molecule has 0 aromatic carbocycles. The lowest BCUT2D eigenvalue weighted by Crippen LogP contribution is -2.26. The highest BCUT2D eigenvalue weighted by Gasteiger charge is 2.23. The molecule has 0 bridgehead atoms. The van der Waals surface area contributed by atoms with Crippen LogP contribution in [-0.2, 0) is 10.4 Å². The molecule has 0 aliphatic heterocycles. The molecule has 1 heterocycles. The lowest BCUT2D eigenvalue weighted by Gasteiger charge is -2.19. The van der Waals surface area contributed by atoms with E-state index in [-0.39, 0.29) is 0 Å². The first-order valence-electron chi connectivity index (χ1n) is 4.00. The van der Waals surface area contributed by atoms with Gasteiger partial charge in [-0.3, -0.25) is 4.98 Å². The summed E-state index contributed by atoms with van der Waals surface area (Å²) in [5, 5.41) is 0. The number of pyridine rings is 1. The van der Waals surface area contributed by atoms with Crippen molar-refractivity contribution in [3.8, 4) is 0 Å². The standard InChI is InChI=1S/C8H11FN2O2S/c1-7(11(2)14(9,12)13)8-4-3-5-10-6-8/h3-7H,1-2H3/t7-/m1/s1. The van der Waals surface area contributed by atoms with Gasteiger partial charge in [-0.05, 0) is 18.6 Å². The first-order chi connectivity index (χ1) is 6.43. The van der Waals surface area contributed by atoms with Crippen molar-refractivity contribution in [2.45, 2.75) is 13.0 Å². The van der Waals surface area contributed by atoms with Gasteiger partial charge in [0.15, 0.2) is 0 Å². The van der Waals surface area contributed by atoms with Gasteiger partial charge in [0.2, 0.25) is 0 Å². The molecule has 0 fully saturated rings. The van der Waals surface area contributed by atoms with Crippen LogP contribution in [0.2, 0.25) is 0 Å². The highest BCUT2D eigenvalue weighted by molar-refractivity contribution is 7.83. The maximum atomic E-state index is 12.6. The van der Waals surface area contributed by atoms with E-state index in [2.05, 4.69) is 4.98 Å². The van der Waals surface area contributed by atoms with Gasteiger partial charge < -0.3 is 0 Å². The van der Waals surface area contributed by atoms with Gasteiger partial charge in [0.1, 0.15) is 0 Å². The SMILES string of the molecule is C[C@H](c1cccnc1)N(C)S(=O)(=O)F. The minimum absolute atomic E-state index is 0.557. The summed E-state index contributed by atoms with van der Waals surface area (Å²) >= 11 is 0. The van der Waals surface area contributed by atoms with Crippen molar-refractivity contribution in [2.75, 3.05) is 7.05 Å². The van der Waals surface area contributed by atoms with Crippen LogP contribution in [0.3, 0.4) is 0 Å². The molecule has 6 heteroatoms. The monoisotopic (exact) mass is 218 g/mol. The van der Waals surface area contributed by atoms with Gasteiger partial charge in [0.25, 0.3) is 0 Å². The van der Waals surface area contributed by atoms with Crippen LogP contribution in [0.25, 0.3) is 0 Å². The third-order valence-corrected chi connectivity index (χ3v) is 3.06. The van der Waals surface area contributed by atoms with E-state index in [1.54, 1.807) is 25.3 Å². The predicted molar refractivity (Wildman–Crippen MR) is 50.4 cm³/mol. The lowest BCUT2D eigenvalue weighted by molar-refractivity contribution is 0.372. The van der Waals surface area contributed by atoms with Crippen LogP contribution in [0, 0.1) is 0 Å². The predicted octanol–water partition coefficient (Wildman–Crippen LogP) is 1.29. The molecular formula is C8H11FN2O2S. The average Bonchev–Trinajstić information content (AvgIpc) is 2.15. The fraction of sp³-hybridized carbons (Fsp3) is 0.375. The Morgan fingerprint density at radius 1 is 1.57 bits per heavy atom. The Bertz CT molecular complexity index is 393. The summed E-state index contributed by atoms with van der Waals surface area (Å²) in [5.74, 6) is 0. The second-order valence-electron chi connectivity index (χ2n) is 2.92. The van der Waals surface area contributed by atoms with E-state index < -0.39 is 16.5 Å². The molecule has 0 N–H and O–H groups in total.